The first-order valence-electron chi connectivity index (χ1n) is 6.26. The molecule has 0 fully saturated rings. The van der Waals surface area contributed by atoms with Gasteiger partial charge in [-0.3, -0.25) is 9.20 Å². The van der Waals surface area contributed by atoms with Gasteiger partial charge in [0.25, 0.3) is 0 Å². The van der Waals surface area contributed by atoms with Gasteiger partial charge in [0.15, 0.2) is 0 Å². The Labute approximate surface area is 119 Å². The number of nitrogens with zero attached hydrogens (tertiary/aromatic N) is 2. The number of amides is 1. The van der Waals surface area contributed by atoms with E-state index in [1.807, 2.05) is 0 Å². The summed E-state index contributed by atoms with van der Waals surface area (Å²) in [6.45, 7) is 1.34. The van der Waals surface area contributed by atoms with Crippen LogP contribution in [0.15, 0.2) is 42.6 Å². The van der Waals surface area contributed by atoms with Gasteiger partial charge in [-0.2, -0.15) is 0 Å². The number of carbonyl (C=O) groups excluding carboxylic acids is 1. The number of anilines is 1. The second-order valence-electron chi connectivity index (χ2n) is 4.54. The summed E-state index contributed by atoms with van der Waals surface area (Å²) in [5.41, 5.74) is 0.718. The first kappa shape index (κ1) is 13.2. The summed E-state index contributed by atoms with van der Waals surface area (Å²) < 4.78 is 29.0. The average Bonchev–Trinajstić information content (AvgIpc) is 2.80. The van der Waals surface area contributed by atoms with Gasteiger partial charge in [0.2, 0.25) is 5.91 Å². The first-order chi connectivity index (χ1) is 10.1. The molecule has 0 aliphatic rings. The topological polar surface area (TPSA) is 46.4 Å². The molecule has 1 aromatic carbocycles. The molecule has 4 nitrogen and oxygen atoms in total. The molecule has 0 bridgehead atoms. The van der Waals surface area contributed by atoms with E-state index in [4.69, 9.17) is 0 Å². The molecule has 3 aromatic rings. The molecule has 0 radical (unpaired) electrons. The lowest BCUT2D eigenvalue weighted by molar-refractivity contribution is -0.114. The van der Waals surface area contributed by atoms with Crippen LogP contribution in [-0.4, -0.2) is 15.3 Å². The number of aromatic nitrogens is 2. The van der Waals surface area contributed by atoms with Crippen molar-refractivity contribution in [1.29, 1.82) is 0 Å². The van der Waals surface area contributed by atoms with E-state index >= 15 is 0 Å². The number of halogens is 2. The number of nitrogens with one attached hydrogen (secondary N) is 1. The normalized spacial score (nSPS) is 10.8. The van der Waals surface area contributed by atoms with Gasteiger partial charge in [0, 0.05) is 18.7 Å². The van der Waals surface area contributed by atoms with Crippen molar-refractivity contribution >= 4 is 17.4 Å². The van der Waals surface area contributed by atoms with Crippen LogP contribution in [0.3, 0.4) is 0 Å². The van der Waals surface area contributed by atoms with Crippen LogP contribution in [0.1, 0.15) is 6.92 Å². The maximum Gasteiger partial charge on any atom is 0.222 e. The van der Waals surface area contributed by atoms with Gasteiger partial charge in [0.05, 0.1) is 0 Å². The van der Waals surface area contributed by atoms with Crippen molar-refractivity contribution in [2.45, 2.75) is 6.92 Å². The molecule has 2 aromatic heterocycles. The Bertz CT molecular complexity index is 842. The Morgan fingerprint density at radius 1 is 1.24 bits per heavy atom. The fourth-order valence-electron chi connectivity index (χ4n) is 2.15. The number of hydrogen-bond donors (Lipinski definition) is 1. The molecule has 0 atom stereocenters. The predicted molar refractivity (Wildman–Crippen MR) is 74.8 cm³/mol. The highest BCUT2D eigenvalue weighted by atomic mass is 19.1. The van der Waals surface area contributed by atoms with E-state index in [9.17, 15) is 13.6 Å². The number of fused-ring (bicyclic) bond motifs is 1. The fraction of sp³-hybridized carbons (Fsp3) is 0.0667. The van der Waals surface area contributed by atoms with Crippen molar-refractivity contribution in [3.8, 4) is 11.3 Å². The molecule has 6 heteroatoms. The number of rotatable bonds is 2. The second-order valence-corrected chi connectivity index (χ2v) is 4.54. The van der Waals surface area contributed by atoms with Crippen molar-refractivity contribution in [3.63, 3.8) is 0 Å². The van der Waals surface area contributed by atoms with Crippen LogP contribution in [0, 0.1) is 11.6 Å². The monoisotopic (exact) mass is 287 g/mol. The number of carbonyl (C=O) groups is 1. The highest BCUT2D eigenvalue weighted by Crippen LogP contribution is 2.31. The Morgan fingerprint density at radius 3 is 2.81 bits per heavy atom. The molecule has 106 valence electrons. The maximum absolute atomic E-state index is 14.0. The van der Waals surface area contributed by atoms with Crippen molar-refractivity contribution in [3.05, 3.63) is 54.2 Å². The van der Waals surface area contributed by atoms with Crippen molar-refractivity contribution in [1.82, 2.24) is 9.38 Å². The third kappa shape index (κ3) is 2.35. The summed E-state index contributed by atoms with van der Waals surface area (Å²) in [5.74, 6) is -1.19. The molecule has 2 heterocycles. The first-order valence-corrected chi connectivity index (χ1v) is 6.26. The van der Waals surface area contributed by atoms with E-state index in [1.54, 1.807) is 28.8 Å². The van der Waals surface area contributed by atoms with Gasteiger partial charge in [-0.15, -0.1) is 0 Å². The van der Waals surface area contributed by atoms with E-state index in [-0.39, 0.29) is 17.2 Å². The number of pyridine rings is 1. The van der Waals surface area contributed by atoms with Crippen LogP contribution >= 0.6 is 0 Å². The molecular weight excluding hydrogens is 276 g/mol. The lowest BCUT2D eigenvalue weighted by Gasteiger charge is -2.06. The summed E-state index contributed by atoms with van der Waals surface area (Å²) in [6, 6.07) is 8.37. The third-order valence-electron chi connectivity index (χ3n) is 3.01. The van der Waals surface area contributed by atoms with E-state index in [0.29, 0.717) is 11.5 Å². The SMILES string of the molecule is CC(=O)Nc1c(-c2cc(F)ccc2F)nc2ccccn12. The molecule has 0 saturated carbocycles. The maximum atomic E-state index is 14.0. The Kier molecular flexibility index (Phi) is 3.13. The van der Waals surface area contributed by atoms with Crippen LogP contribution in [0.4, 0.5) is 14.6 Å². The minimum Gasteiger partial charge on any atom is -0.310 e. The van der Waals surface area contributed by atoms with Gasteiger partial charge in [-0.05, 0) is 30.3 Å². The van der Waals surface area contributed by atoms with Crippen molar-refractivity contribution in [2.24, 2.45) is 0 Å². The van der Waals surface area contributed by atoms with Gasteiger partial charge < -0.3 is 5.32 Å². The molecule has 0 spiro atoms. The van der Waals surface area contributed by atoms with Gasteiger partial charge >= 0.3 is 0 Å². The number of hydrogen-bond acceptors (Lipinski definition) is 2. The Hall–Kier alpha value is -2.76. The second kappa shape index (κ2) is 4.97. The zero-order chi connectivity index (χ0) is 15.0. The summed E-state index contributed by atoms with van der Waals surface area (Å²) in [5, 5.41) is 2.61. The quantitative estimate of drug-likeness (QED) is 0.786. The minimum absolute atomic E-state index is 0.00227. The lowest BCUT2D eigenvalue weighted by Crippen LogP contribution is -2.09. The van der Waals surface area contributed by atoms with Gasteiger partial charge in [0.1, 0.15) is 28.8 Å². The van der Waals surface area contributed by atoms with E-state index < -0.39 is 11.6 Å². The van der Waals surface area contributed by atoms with Crippen LogP contribution in [0.2, 0.25) is 0 Å². The molecule has 0 aliphatic heterocycles. The van der Waals surface area contributed by atoms with Gasteiger partial charge in [-0.25, -0.2) is 13.8 Å². The smallest absolute Gasteiger partial charge is 0.222 e. The van der Waals surface area contributed by atoms with Crippen LogP contribution < -0.4 is 5.32 Å². The highest BCUT2D eigenvalue weighted by Gasteiger charge is 2.18. The third-order valence-corrected chi connectivity index (χ3v) is 3.01. The van der Waals surface area contributed by atoms with Crippen LogP contribution in [-0.2, 0) is 4.79 Å². The molecule has 0 aliphatic carbocycles. The van der Waals surface area contributed by atoms with Crippen molar-refractivity contribution < 1.29 is 13.6 Å². The van der Waals surface area contributed by atoms with E-state index in [2.05, 4.69) is 10.3 Å². The predicted octanol–water partition coefficient (Wildman–Crippen LogP) is 3.24. The van der Waals surface area contributed by atoms with Crippen LogP contribution in [0.5, 0.6) is 0 Å². The standard InChI is InChI=1S/C15H11F2N3O/c1-9(21)18-15-14(11-8-10(16)5-6-12(11)17)19-13-4-2-3-7-20(13)15/h2-8H,1H3,(H,18,21). The van der Waals surface area contributed by atoms with E-state index in [1.165, 1.54) is 6.92 Å². The largest absolute Gasteiger partial charge is 0.310 e. The number of benzene rings is 1. The summed E-state index contributed by atoms with van der Waals surface area (Å²) in [4.78, 5) is 15.6. The average molecular weight is 287 g/mol. The van der Waals surface area contributed by atoms with Crippen LogP contribution in [0.25, 0.3) is 16.9 Å². The minimum atomic E-state index is -0.605. The lowest BCUT2D eigenvalue weighted by atomic mass is 10.1. The van der Waals surface area contributed by atoms with E-state index in [0.717, 1.165) is 18.2 Å². The molecular formula is C15H11F2N3O. The zero-order valence-corrected chi connectivity index (χ0v) is 11.1. The van der Waals surface area contributed by atoms with Gasteiger partial charge in [-0.1, -0.05) is 6.07 Å². The summed E-state index contributed by atoms with van der Waals surface area (Å²) in [7, 11) is 0. The molecule has 0 saturated heterocycles. The molecule has 21 heavy (non-hydrogen) atoms. The number of imidazole rings is 1. The highest BCUT2D eigenvalue weighted by molar-refractivity contribution is 5.93. The Morgan fingerprint density at radius 2 is 2.05 bits per heavy atom. The Balaban J connectivity index is 2.30. The molecule has 0 unspecified atom stereocenters. The van der Waals surface area contributed by atoms with Crippen molar-refractivity contribution in [2.75, 3.05) is 5.32 Å². The molecule has 1 amide bonds. The molecule has 1 N–H and O–H groups in total. The fourth-order valence-corrected chi connectivity index (χ4v) is 2.15. The summed E-state index contributed by atoms with van der Waals surface area (Å²) in [6.07, 6.45) is 1.69. The molecule has 3 rings (SSSR count). The zero-order valence-electron chi connectivity index (χ0n) is 11.1. The summed E-state index contributed by atoms with van der Waals surface area (Å²) >= 11 is 0.